The summed E-state index contributed by atoms with van der Waals surface area (Å²) in [6.07, 6.45) is 6.73. The zero-order valence-corrected chi connectivity index (χ0v) is 12.1. The molecule has 0 radical (unpaired) electrons. The standard InChI is InChI=1S/C16H25NO3/c1-12(15-8-7-13(18)11-16(15)19)17-9-10-20-14-5-3-2-4-6-14/h7-8,11-12,14,17-19H,2-6,9-10H2,1H3. The maximum absolute atomic E-state index is 9.79. The van der Waals surface area contributed by atoms with Crippen LogP contribution in [0.5, 0.6) is 11.5 Å². The highest BCUT2D eigenvalue weighted by atomic mass is 16.5. The molecule has 1 atom stereocenters. The van der Waals surface area contributed by atoms with Crippen LogP contribution >= 0.6 is 0 Å². The topological polar surface area (TPSA) is 61.7 Å². The van der Waals surface area contributed by atoms with Crippen LogP contribution in [0.2, 0.25) is 0 Å². The summed E-state index contributed by atoms with van der Waals surface area (Å²) in [6.45, 7) is 3.46. The molecular weight excluding hydrogens is 254 g/mol. The highest BCUT2D eigenvalue weighted by Gasteiger charge is 2.14. The van der Waals surface area contributed by atoms with Gasteiger partial charge < -0.3 is 20.3 Å². The van der Waals surface area contributed by atoms with Crippen molar-refractivity contribution in [2.75, 3.05) is 13.2 Å². The predicted octanol–water partition coefficient (Wildman–Crippen LogP) is 3.10. The normalized spacial score (nSPS) is 18.1. The molecule has 1 saturated carbocycles. The highest BCUT2D eigenvalue weighted by Crippen LogP contribution is 2.27. The molecule has 20 heavy (non-hydrogen) atoms. The number of aromatic hydroxyl groups is 2. The lowest BCUT2D eigenvalue weighted by Gasteiger charge is -2.22. The fourth-order valence-electron chi connectivity index (χ4n) is 2.74. The third-order valence-electron chi connectivity index (χ3n) is 3.94. The molecule has 0 amide bonds. The van der Waals surface area contributed by atoms with Gasteiger partial charge in [-0.15, -0.1) is 0 Å². The van der Waals surface area contributed by atoms with Crippen molar-refractivity contribution in [3.63, 3.8) is 0 Å². The molecule has 1 aliphatic rings. The summed E-state index contributed by atoms with van der Waals surface area (Å²) in [5.74, 6) is 0.206. The molecule has 1 aliphatic carbocycles. The molecule has 4 heteroatoms. The van der Waals surface area contributed by atoms with E-state index >= 15 is 0 Å². The van der Waals surface area contributed by atoms with Crippen LogP contribution in [0.3, 0.4) is 0 Å². The van der Waals surface area contributed by atoms with Gasteiger partial charge in [0.15, 0.2) is 0 Å². The monoisotopic (exact) mass is 279 g/mol. The van der Waals surface area contributed by atoms with Crippen LogP contribution in [0.25, 0.3) is 0 Å². The van der Waals surface area contributed by atoms with Gasteiger partial charge >= 0.3 is 0 Å². The largest absolute Gasteiger partial charge is 0.508 e. The van der Waals surface area contributed by atoms with E-state index in [9.17, 15) is 10.2 Å². The van der Waals surface area contributed by atoms with Gasteiger partial charge in [0, 0.05) is 24.2 Å². The molecule has 1 unspecified atom stereocenters. The number of hydrogen-bond donors (Lipinski definition) is 3. The summed E-state index contributed by atoms with van der Waals surface area (Å²) < 4.78 is 5.85. The molecule has 0 spiro atoms. The van der Waals surface area contributed by atoms with Crippen molar-refractivity contribution in [3.05, 3.63) is 23.8 Å². The first-order valence-corrected chi connectivity index (χ1v) is 7.53. The van der Waals surface area contributed by atoms with E-state index in [-0.39, 0.29) is 17.5 Å². The van der Waals surface area contributed by atoms with Gasteiger partial charge in [-0.3, -0.25) is 0 Å². The first kappa shape index (κ1) is 15.1. The Bertz CT molecular complexity index is 416. The van der Waals surface area contributed by atoms with Crippen molar-refractivity contribution >= 4 is 0 Å². The summed E-state index contributed by atoms with van der Waals surface area (Å²) in [5.41, 5.74) is 0.792. The zero-order valence-electron chi connectivity index (χ0n) is 12.1. The van der Waals surface area contributed by atoms with E-state index in [4.69, 9.17) is 4.74 Å². The molecule has 0 heterocycles. The Hall–Kier alpha value is -1.26. The Kier molecular flexibility index (Phi) is 5.68. The molecule has 1 aromatic rings. The Morgan fingerprint density at radius 3 is 2.70 bits per heavy atom. The average molecular weight is 279 g/mol. The molecule has 0 saturated heterocycles. The highest BCUT2D eigenvalue weighted by molar-refractivity contribution is 5.40. The van der Waals surface area contributed by atoms with Crippen LogP contribution in [0.4, 0.5) is 0 Å². The van der Waals surface area contributed by atoms with E-state index < -0.39 is 0 Å². The first-order chi connectivity index (χ1) is 9.66. The molecule has 1 aromatic carbocycles. The minimum atomic E-state index is 0.0329. The minimum absolute atomic E-state index is 0.0329. The summed E-state index contributed by atoms with van der Waals surface area (Å²) in [5, 5.41) is 22.4. The number of rotatable bonds is 6. The smallest absolute Gasteiger partial charge is 0.124 e. The molecule has 4 nitrogen and oxygen atoms in total. The maximum Gasteiger partial charge on any atom is 0.124 e. The zero-order chi connectivity index (χ0) is 14.4. The second-order valence-electron chi connectivity index (χ2n) is 5.55. The van der Waals surface area contributed by atoms with E-state index in [0.717, 1.165) is 12.1 Å². The number of phenolic OH excluding ortho intramolecular Hbond substituents is 2. The SMILES string of the molecule is CC(NCCOC1CCCCC1)c1ccc(O)cc1O. The van der Waals surface area contributed by atoms with Crippen LogP contribution in [0.15, 0.2) is 18.2 Å². The molecule has 3 N–H and O–H groups in total. The molecule has 0 aromatic heterocycles. The predicted molar refractivity (Wildman–Crippen MR) is 79.0 cm³/mol. The molecule has 0 aliphatic heterocycles. The van der Waals surface area contributed by atoms with Gasteiger partial charge in [0.05, 0.1) is 12.7 Å². The van der Waals surface area contributed by atoms with Crippen LogP contribution in [-0.4, -0.2) is 29.5 Å². The summed E-state index contributed by atoms with van der Waals surface area (Å²) in [7, 11) is 0. The molecule has 112 valence electrons. The molecule has 2 rings (SSSR count). The molecule has 1 fully saturated rings. The van der Waals surface area contributed by atoms with Crippen molar-refractivity contribution in [1.29, 1.82) is 0 Å². The van der Waals surface area contributed by atoms with Crippen LogP contribution in [0, 0.1) is 0 Å². The lowest BCUT2D eigenvalue weighted by Crippen LogP contribution is -2.26. The average Bonchev–Trinajstić information content (AvgIpc) is 2.44. The number of phenols is 2. The Labute approximate surface area is 120 Å². The van der Waals surface area contributed by atoms with E-state index in [0.29, 0.717) is 12.7 Å². The van der Waals surface area contributed by atoms with Crippen molar-refractivity contribution in [2.24, 2.45) is 0 Å². The lowest BCUT2D eigenvalue weighted by atomic mass is 9.98. The second-order valence-corrected chi connectivity index (χ2v) is 5.55. The summed E-state index contributed by atoms with van der Waals surface area (Å²) in [6, 6.07) is 4.73. The maximum atomic E-state index is 9.79. The van der Waals surface area contributed by atoms with E-state index in [2.05, 4.69) is 5.32 Å². The Morgan fingerprint density at radius 1 is 1.25 bits per heavy atom. The fraction of sp³-hybridized carbons (Fsp3) is 0.625. The quantitative estimate of drug-likeness (QED) is 0.700. The third-order valence-corrected chi connectivity index (χ3v) is 3.94. The first-order valence-electron chi connectivity index (χ1n) is 7.53. The second kappa shape index (κ2) is 7.50. The fourth-order valence-corrected chi connectivity index (χ4v) is 2.74. The number of nitrogens with one attached hydrogen (secondary N) is 1. The van der Waals surface area contributed by atoms with Gasteiger partial charge in [-0.05, 0) is 25.8 Å². The van der Waals surface area contributed by atoms with E-state index in [1.54, 1.807) is 12.1 Å². The van der Waals surface area contributed by atoms with Gasteiger partial charge in [-0.25, -0.2) is 0 Å². The van der Waals surface area contributed by atoms with Crippen LogP contribution in [-0.2, 0) is 4.74 Å². The molecule has 0 bridgehead atoms. The number of benzene rings is 1. The van der Waals surface area contributed by atoms with Gasteiger partial charge in [-0.1, -0.05) is 25.3 Å². The van der Waals surface area contributed by atoms with Crippen molar-refractivity contribution in [3.8, 4) is 11.5 Å². The lowest BCUT2D eigenvalue weighted by molar-refractivity contribution is 0.0295. The third kappa shape index (κ3) is 4.39. The Balaban J connectivity index is 1.70. The van der Waals surface area contributed by atoms with Gasteiger partial charge in [0.25, 0.3) is 0 Å². The van der Waals surface area contributed by atoms with E-state index in [1.165, 1.54) is 38.2 Å². The van der Waals surface area contributed by atoms with Gasteiger partial charge in [-0.2, -0.15) is 0 Å². The van der Waals surface area contributed by atoms with Crippen LogP contribution < -0.4 is 5.32 Å². The van der Waals surface area contributed by atoms with Crippen molar-refractivity contribution in [1.82, 2.24) is 5.32 Å². The minimum Gasteiger partial charge on any atom is -0.508 e. The van der Waals surface area contributed by atoms with Crippen molar-refractivity contribution < 1.29 is 14.9 Å². The summed E-state index contributed by atoms with van der Waals surface area (Å²) >= 11 is 0. The van der Waals surface area contributed by atoms with Crippen molar-refractivity contribution in [2.45, 2.75) is 51.2 Å². The number of ether oxygens (including phenoxy) is 1. The van der Waals surface area contributed by atoms with E-state index in [1.807, 2.05) is 6.92 Å². The number of hydrogen-bond acceptors (Lipinski definition) is 4. The van der Waals surface area contributed by atoms with Gasteiger partial charge in [0.2, 0.25) is 0 Å². The Morgan fingerprint density at radius 2 is 2.00 bits per heavy atom. The molecular formula is C16H25NO3. The van der Waals surface area contributed by atoms with Gasteiger partial charge in [0.1, 0.15) is 11.5 Å². The van der Waals surface area contributed by atoms with Crippen LogP contribution in [0.1, 0.15) is 50.6 Å². The summed E-state index contributed by atoms with van der Waals surface area (Å²) in [4.78, 5) is 0.